The lowest BCUT2D eigenvalue weighted by Gasteiger charge is -2.22. The summed E-state index contributed by atoms with van der Waals surface area (Å²) in [5, 5.41) is 3.39. The van der Waals surface area contributed by atoms with E-state index in [-0.39, 0.29) is 6.10 Å². The highest BCUT2D eigenvalue weighted by atomic mass is 16.5. The van der Waals surface area contributed by atoms with Gasteiger partial charge in [0.1, 0.15) is 11.9 Å². The summed E-state index contributed by atoms with van der Waals surface area (Å²) in [4.78, 5) is 0. The summed E-state index contributed by atoms with van der Waals surface area (Å²) in [5.74, 6) is 1.04. The first-order chi connectivity index (χ1) is 7.93. The highest BCUT2D eigenvalue weighted by Gasteiger charge is 2.20. The van der Waals surface area contributed by atoms with Crippen molar-refractivity contribution in [3.8, 4) is 5.75 Å². The predicted octanol–water partition coefficient (Wildman–Crippen LogP) is 1.50. The number of ether oxygens (including phenoxy) is 2. The first-order valence-corrected chi connectivity index (χ1v) is 5.99. The minimum Gasteiger partial charge on any atom is -0.488 e. The quantitative estimate of drug-likeness (QED) is 0.817. The molecule has 1 atom stereocenters. The molecule has 0 amide bonds. The van der Waals surface area contributed by atoms with Crippen molar-refractivity contribution in [1.82, 2.24) is 5.32 Å². The molecule has 1 aromatic rings. The summed E-state index contributed by atoms with van der Waals surface area (Å²) < 4.78 is 11.3. The molecule has 2 aliphatic rings. The molecular formula is C13H17NO2. The molecule has 2 aliphatic heterocycles. The van der Waals surface area contributed by atoms with E-state index in [9.17, 15) is 0 Å². The lowest BCUT2D eigenvalue weighted by atomic mass is 10.0. The smallest absolute Gasteiger partial charge is 0.124 e. The molecule has 3 heteroatoms. The lowest BCUT2D eigenvalue weighted by Crippen LogP contribution is -2.25. The van der Waals surface area contributed by atoms with Crippen LogP contribution in [0.25, 0.3) is 0 Å². The fourth-order valence-corrected chi connectivity index (χ4v) is 2.38. The highest BCUT2D eigenvalue weighted by Crippen LogP contribution is 2.27. The maximum Gasteiger partial charge on any atom is 0.124 e. The van der Waals surface area contributed by atoms with Gasteiger partial charge in [-0.05, 0) is 24.6 Å². The van der Waals surface area contributed by atoms with Crippen LogP contribution in [0, 0.1) is 0 Å². The average molecular weight is 219 g/mol. The average Bonchev–Trinajstić information content (AvgIpc) is 2.82. The number of benzene rings is 1. The molecule has 0 spiro atoms. The largest absolute Gasteiger partial charge is 0.488 e. The van der Waals surface area contributed by atoms with Crippen LogP contribution >= 0.6 is 0 Å². The van der Waals surface area contributed by atoms with E-state index in [1.807, 2.05) is 0 Å². The van der Waals surface area contributed by atoms with Crippen molar-refractivity contribution in [2.75, 3.05) is 19.8 Å². The van der Waals surface area contributed by atoms with E-state index in [0.717, 1.165) is 44.9 Å². The van der Waals surface area contributed by atoms with Crippen molar-refractivity contribution in [1.29, 1.82) is 0 Å². The molecule has 0 aromatic heterocycles. The van der Waals surface area contributed by atoms with Crippen molar-refractivity contribution < 1.29 is 9.47 Å². The van der Waals surface area contributed by atoms with Gasteiger partial charge in [0, 0.05) is 18.5 Å². The molecule has 1 fully saturated rings. The van der Waals surface area contributed by atoms with Gasteiger partial charge in [0.25, 0.3) is 0 Å². The van der Waals surface area contributed by atoms with Crippen molar-refractivity contribution in [2.45, 2.75) is 25.5 Å². The molecule has 0 saturated carbocycles. The third kappa shape index (κ3) is 1.93. The summed E-state index contributed by atoms with van der Waals surface area (Å²) in [7, 11) is 0. The van der Waals surface area contributed by atoms with Crippen LogP contribution in [-0.4, -0.2) is 25.9 Å². The standard InChI is InChI=1S/C13H17NO2/c1-2-10-4-6-14-8-12(10)13(3-1)16-11-5-7-15-9-11/h1-3,11,14H,4-9H2. The van der Waals surface area contributed by atoms with Crippen LogP contribution in [-0.2, 0) is 17.7 Å². The molecule has 3 nitrogen and oxygen atoms in total. The second-order valence-electron chi connectivity index (χ2n) is 4.42. The molecule has 1 saturated heterocycles. The molecule has 3 rings (SSSR count). The predicted molar refractivity (Wildman–Crippen MR) is 61.7 cm³/mol. The molecule has 16 heavy (non-hydrogen) atoms. The number of rotatable bonds is 2. The Kier molecular flexibility index (Phi) is 2.80. The van der Waals surface area contributed by atoms with E-state index in [1.165, 1.54) is 11.1 Å². The zero-order valence-electron chi connectivity index (χ0n) is 9.37. The topological polar surface area (TPSA) is 30.5 Å². The molecule has 1 aromatic carbocycles. The molecule has 86 valence electrons. The lowest BCUT2D eigenvalue weighted by molar-refractivity contribution is 0.140. The van der Waals surface area contributed by atoms with Gasteiger partial charge in [0.2, 0.25) is 0 Å². The molecule has 2 heterocycles. The summed E-state index contributed by atoms with van der Waals surface area (Å²) >= 11 is 0. The fourth-order valence-electron chi connectivity index (χ4n) is 2.38. The Bertz CT molecular complexity index is 372. The molecular weight excluding hydrogens is 202 g/mol. The van der Waals surface area contributed by atoms with E-state index in [0.29, 0.717) is 0 Å². The van der Waals surface area contributed by atoms with Crippen molar-refractivity contribution in [2.24, 2.45) is 0 Å². The van der Waals surface area contributed by atoms with Crippen LogP contribution < -0.4 is 10.1 Å². The second-order valence-corrected chi connectivity index (χ2v) is 4.42. The Hall–Kier alpha value is -1.06. The van der Waals surface area contributed by atoms with E-state index in [2.05, 4.69) is 23.5 Å². The third-order valence-electron chi connectivity index (χ3n) is 3.28. The fraction of sp³-hybridized carbons (Fsp3) is 0.538. The summed E-state index contributed by atoms with van der Waals surface area (Å²) in [6, 6.07) is 6.37. The van der Waals surface area contributed by atoms with Gasteiger partial charge in [-0.15, -0.1) is 0 Å². The van der Waals surface area contributed by atoms with Crippen molar-refractivity contribution in [3.05, 3.63) is 29.3 Å². The van der Waals surface area contributed by atoms with Crippen molar-refractivity contribution >= 4 is 0 Å². The molecule has 1 unspecified atom stereocenters. The van der Waals surface area contributed by atoms with Crippen LogP contribution in [0.2, 0.25) is 0 Å². The number of nitrogens with one attached hydrogen (secondary N) is 1. The van der Waals surface area contributed by atoms with E-state index < -0.39 is 0 Å². The minimum atomic E-state index is 0.244. The van der Waals surface area contributed by atoms with Gasteiger partial charge in [0.05, 0.1) is 13.2 Å². The Morgan fingerprint density at radius 1 is 1.38 bits per heavy atom. The van der Waals surface area contributed by atoms with Gasteiger partial charge in [-0.25, -0.2) is 0 Å². The van der Waals surface area contributed by atoms with E-state index >= 15 is 0 Å². The van der Waals surface area contributed by atoms with Gasteiger partial charge in [0.15, 0.2) is 0 Å². The van der Waals surface area contributed by atoms with Gasteiger partial charge < -0.3 is 14.8 Å². The van der Waals surface area contributed by atoms with Crippen LogP contribution in [0.5, 0.6) is 5.75 Å². The van der Waals surface area contributed by atoms with Crippen LogP contribution in [0.3, 0.4) is 0 Å². The summed E-state index contributed by atoms with van der Waals surface area (Å²) in [5.41, 5.74) is 2.76. The van der Waals surface area contributed by atoms with E-state index in [4.69, 9.17) is 9.47 Å². The third-order valence-corrected chi connectivity index (χ3v) is 3.28. The zero-order chi connectivity index (χ0) is 10.8. The highest BCUT2D eigenvalue weighted by molar-refractivity contribution is 5.41. The number of hydrogen-bond acceptors (Lipinski definition) is 3. The van der Waals surface area contributed by atoms with Gasteiger partial charge in [-0.3, -0.25) is 0 Å². The normalized spacial score (nSPS) is 24.1. The molecule has 0 radical (unpaired) electrons. The van der Waals surface area contributed by atoms with Crippen LogP contribution in [0.4, 0.5) is 0 Å². The Morgan fingerprint density at radius 2 is 2.38 bits per heavy atom. The minimum absolute atomic E-state index is 0.244. The summed E-state index contributed by atoms with van der Waals surface area (Å²) in [6.45, 7) is 3.57. The number of hydrogen-bond donors (Lipinski definition) is 1. The molecule has 0 aliphatic carbocycles. The van der Waals surface area contributed by atoms with Crippen LogP contribution in [0.1, 0.15) is 17.5 Å². The zero-order valence-corrected chi connectivity index (χ0v) is 9.37. The maximum atomic E-state index is 6.01. The Labute approximate surface area is 95.8 Å². The molecule has 1 N–H and O–H groups in total. The van der Waals surface area contributed by atoms with Gasteiger partial charge >= 0.3 is 0 Å². The second kappa shape index (κ2) is 4.44. The van der Waals surface area contributed by atoms with Gasteiger partial charge in [-0.1, -0.05) is 12.1 Å². The maximum absolute atomic E-state index is 6.01. The van der Waals surface area contributed by atoms with E-state index in [1.54, 1.807) is 0 Å². The SMILES string of the molecule is c1cc2c(c(OC3CCOC3)c1)CNCC2. The van der Waals surface area contributed by atoms with Crippen molar-refractivity contribution in [3.63, 3.8) is 0 Å². The number of fused-ring (bicyclic) bond motifs is 1. The van der Waals surface area contributed by atoms with Gasteiger partial charge in [-0.2, -0.15) is 0 Å². The first kappa shape index (κ1) is 10.1. The Morgan fingerprint density at radius 3 is 3.25 bits per heavy atom. The molecule has 0 bridgehead atoms. The Balaban J connectivity index is 1.82. The monoisotopic (exact) mass is 219 g/mol. The summed E-state index contributed by atoms with van der Waals surface area (Å²) in [6.07, 6.45) is 2.36. The first-order valence-electron chi connectivity index (χ1n) is 5.99. The van der Waals surface area contributed by atoms with Crippen LogP contribution in [0.15, 0.2) is 18.2 Å².